The van der Waals surface area contributed by atoms with Crippen LogP contribution in [0.3, 0.4) is 0 Å². The highest BCUT2D eigenvalue weighted by molar-refractivity contribution is 7.18. The summed E-state index contributed by atoms with van der Waals surface area (Å²) in [6, 6.07) is 25.2. The number of nitrogens with one attached hydrogen (secondary N) is 2. The molecule has 0 aliphatic rings. The van der Waals surface area contributed by atoms with Gasteiger partial charge in [-0.25, -0.2) is 4.98 Å². The smallest absolute Gasteiger partial charge is 0.253 e. The third-order valence-electron chi connectivity index (χ3n) is 5.12. The van der Waals surface area contributed by atoms with Crippen LogP contribution in [0.2, 0.25) is 0 Å². The molecule has 162 valence electrons. The Morgan fingerprint density at radius 3 is 2.44 bits per heavy atom. The second-order valence-electron chi connectivity index (χ2n) is 7.51. The fourth-order valence-corrected chi connectivity index (χ4v) is 4.50. The zero-order valence-electron chi connectivity index (χ0n) is 17.7. The van der Waals surface area contributed by atoms with E-state index < -0.39 is 0 Å². The predicted molar refractivity (Wildman–Crippen MR) is 130 cm³/mol. The van der Waals surface area contributed by atoms with E-state index in [0.717, 1.165) is 23.4 Å². The van der Waals surface area contributed by atoms with Gasteiger partial charge in [0.15, 0.2) is 0 Å². The molecule has 3 aromatic carbocycles. The molecule has 0 aliphatic carbocycles. The molecule has 2 amide bonds. The molecule has 2 N–H and O–H groups in total. The topological polar surface area (TPSA) is 71.1 Å². The van der Waals surface area contributed by atoms with Crippen LogP contribution >= 0.6 is 11.3 Å². The Morgan fingerprint density at radius 1 is 0.844 bits per heavy atom. The van der Waals surface area contributed by atoms with Gasteiger partial charge >= 0.3 is 0 Å². The minimum atomic E-state index is -0.189. The van der Waals surface area contributed by atoms with Gasteiger partial charge in [-0.15, -0.1) is 11.3 Å². The van der Waals surface area contributed by atoms with Crippen molar-refractivity contribution in [2.45, 2.75) is 25.7 Å². The lowest BCUT2D eigenvalue weighted by molar-refractivity contribution is -0.116. The third kappa shape index (κ3) is 5.80. The molecule has 0 fully saturated rings. The van der Waals surface area contributed by atoms with Crippen LogP contribution in [0.25, 0.3) is 10.2 Å². The van der Waals surface area contributed by atoms with E-state index in [4.69, 9.17) is 0 Å². The average molecular weight is 444 g/mol. The lowest BCUT2D eigenvalue weighted by Gasteiger charge is -2.11. The highest BCUT2D eigenvalue weighted by Crippen LogP contribution is 2.23. The summed E-state index contributed by atoms with van der Waals surface area (Å²) in [7, 11) is 0. The van der Waals surface area contributed by atoms with Crippen molar-refractivity contribution < 1.29 is 9.59 Å². The minimum absolute atomic E-state index is 0.101. The van der Waals surface area contributed by atoms with Crippen LogP contribution in [0.1, 0.15) is 33.8 Å². The van der Waals surface area contributed by atoms with Gasteiger partial charge in [0.2, 0.25) is 5.91 Å². The fraction of sp³-hybridized carbons (Fsp3) is 0.192. The molecule has 6 heteroatoms. The maximum atomic E-state index is 12.7. The largest absolute Gasteiger partial charge is 0.352 e. The summed E-state index contributed by atoms with van der Waals surface area (Å²) in [5.41, 5.74) is 3.18. The first-order chi connectivity index (χ1) is 15.7. The van der Waals surface area contributed by atoms with Crippen LogP contribution in [0.4, 0.5) is 5.69 Å². The van der Waals surface area contributed by atoms with E-state index in [1.165, 1.54) is 10.3 Å². The number of benzene rings is 3. The van der Waals surface area contributed by atoms with Gasteiger partial charge in [0.1, 0.15) is 0 Å². The number of thiazole rings is 1. The van der Waals surface area contributed by atoms with Crippen LogP contribution in [0.15, 0.2) is 78.9 Å². The van der Waals surface area contributed by atoms with Gasteiger partial charge in [0.05, 0.1) is 26.5 Å². The van der Waals surface area contributed by atoms with E-state index in [2.05, 4.69) is 21.7 Å². The van der Waals surface area contributed by atoms with E-state index in [1.807, 2.05) is 54.6 Å². The predicted octanol–water partition coefficient (Wildman–Crippen LogP) is 5.23. The molecule has 1 aromatic heterocycles. The molecule has 4 aromatic rings. The molecule has 4 rings (SSSR count). The summed E-state index contributed by atoms with van der Waals surface area (Å²) in [5, 5.41) is 6.88. The number of aromatic nitrogens is 1. The first-order valence-corrected chi connectivity index (χ1v) is 11.6. The molecule has 0 radical (unpaired) electrons. The Labute approximate surface area is 191 Å². The van der Waals surface area contributed by atoms with E-state index >= 15 is 0 Å². The molecule has 0 bridgehead atoms. The first-order valence-electron chi connectivity index (χ1n) is 10.7. The molecule has 0 atom stereocenters. The Morgan fingerprint density at radius 2 is 1.59 bits per heavy atom. The summed E-state index contributed by atoms with van der Waals surface area (Å²) in [6.07, 6.45) is 2.60. The summed E-state index contributed by atoms with van der Waals surface area (Å²) < 4.78 is 1.17. The van der Waals surface area contributed by atoms with Gasteiger partial charge in [-0.2, -0.15) is 0 Å². The van der Waals surface area contributed by atoms with Gasteiger partial charge < -0.3 is 10.6 Å². The van der Waals surface area contributed by atoms with Crippen molar-refractivity contribution in [3.05, 3.63) is 95.0 Å². The number of nitrogens with zero attached hydrogens (tertiary/aromatic N) is 1. The molecule has 0 aliphatic heterocycles. The Bertz CT molecular complexity index is 1170. The van der Waals surface area contributed by atoms with Gasteiger partial charge in [0, 0.05) is 13.0 Å². The Hall–Kier alpha value is -3.51. The summed E-state index contributed by atoms with van der Waals surface area (Å²) >= 11 is 1.67. The van der Waals surface area contributed by atoms with E-state index in [0.29, 0.717) is 30.6 Å². The second-order valence-corrected chi connectivity index (χ2v) is 8.63. The number of aryl methyl sites for hydroxylation is 1. The third-order valence-corrected chi connectivity index (χ3v) is 6.22. The maximum absolute atomic E-state index is 12.7. The van der Waals surface area contributed by atoms with E-state index in [-0.39, 0.29) is 11.8 Å². The van der Waals surface area contributed by atoms with Crippen molar-refractivity contribution in [3.63, 3.8) is 0 Å². The molecular weight excluding hydrogens is 418 g/mol. The number of carbonyl (C=O) groups is 2. The number of hydrogen-bond donors (Lipinski definition) is 2. The normalized spacial score (nSPS) is 10.8. The zero-order valence-corrected chi connectivity index (χ0v) is 18.5. The molecule has 5 nitrogen and oxygen atoms in total. The van der Waals surface area contributed by atoms with Gasteiger partial charge in [-0.3, -0.25) is 9.59 Å². The van der Waals surface area contributed by atoms with Crippen molar-refractivity contribution in [3.8, 4) is 0 Å². The second kappa shape index (κ2) is 10.7. The Kier molecular flexibility index (Phi) is 7.25. The molecular formula is C26H25N3O2S. The van der Waals surface area contributed by atoms with E-state index in [9.17, 15) is 9.59 Å². The van der Waals surface area contributed by atoms with Crippen molar-refractivity contribution in [1.82, 2.24) is 10.3 Å². The lowest BCUT2D eigenvalue weighted by Crippen LogP contribution is -2.27. The molecule has 0 spiro atoms. The van der Waals surface area contributed by atoms with Crippen LogP contribution < -0.4 is 10.6 Å². The summed E-state index contributed by atoms with van der Waals surface area (Å²) in [6.45, 7) is 0.535. The number of amides is 2. The molecule has 32 heavy (non-hydrogen) atoms. The zero-order chi connectivity index (χ0) is 22.2. The number of para-hydroxylation sites is 2. The number of anilines is 1. The number of rotatable bonds is 9. The van der Waals surface area contributed by atoms with Crippen LogP contribution in [-0.4, -0.2) is 23.3 Å². The SMILES string of the molecule is O=C(CCCc1nc2ccccc2s1)Nc1ccccc1C(=O)NCCc1ccccc1. The number of fused-ring (bicyclic) bond motifs is 1. The molecule has 0 saturated carbocycles. The fourth-order valence-electron chi connectivity index (χ4n) is 3.49. The first kappa shape index (κ1) is 21.7. The summed E-state index contributed by atoms with van der Waals surface area (Å²) in [5.74, 6) is -0.290. The van der Waals surface area contributed by atoms with E-state index in [1.54, 1.807) is 29.5 Å². The summed E-state index contributed by atoms with van der Waals surface area (Å²) in [4.78, 5) is 29.8. The molecule has 1 heterocycles. The van der Waals surface area contributed by atoms with Crippen molar-refractivity contribution >= 4 is 39.1 Å². The number of hydrogen-bond acceptors (Lipinski definition) is 4. The van der Waals surface area contributed by atoms with Crippen molar-refractivity contribution in [2.75, 3.05) is 11.9 Å². The average Bonchev–Trinajstić information content (AvgIpc) is 3.23. The van der Waals surface area contributed by atoms with Crippen LogP contribution in [0, 0.1) is 0 Å². The van der Waals surface area contributed by atoms with Crippen molar-refractivity contribution in [2.24, 2.45) is 0 Å². The maximum Gasteiger partial charge on any atom is 0.253 e. The van der Waals surface area contributed by atoms with Crippen molar-refractivity contribution in [1.29, 1.82) is 0 Å². The molecule has 0 unspecified atom stereocenters. The minimum Gasteiger partial charge on any atom is -0.352 e. The van der Waals surface area contributed by atoms with Crippen LogP contribution in [0.5, 0.6) is 0 Å². The highest BCUT2D eigenvalue weighted by Gasteiger charge is 2.13. The quantitative estimate of drug-likeness (QED) is 0.372. The van der Waals surface area contributed by atoms with Gasteiger partial charge in [0.25, 0.3) is 5.91 Å². The van der Waals surface area contributed by atoms with Crippen LogP contribution in [-0.2, 0) is 17.6 Å². The highest BCUT2D eigenvalue weighted by atomic mass is 32.1. The number of carbonyl (C=O) groups excluding carboxylic acids is 2. The molecule has 0 saturated heterocycles. The Balaban J connectivity index is 1.27. The van der Waals surface area contributed by atoms with Gasteiger partial charge in [-0.05, 0) is 49.1 Å². The monoisotopic (exact) mass is 443 g/mol. The standard InChI is InChI=1S/C26H25N3O2S/c30-24(15-8-16-25-29-22-13-6-7-14-23(22)32-25)28-21-12-5-4-11-20(21)26(31)27-18-17-19-9-2-1-3-10-19/h1-7,9-14H,8,15-18H2,(H,27,31)(H,28,30). The lowest BCUT2D eigenvalue weighted by atomic mass is 10.1. The van der Waals surface area contributed by atoms with Gasteiger partial charge in [-0.1, -0.05) is 54.6 Å².